The Bertz CT molecular complexity index is 1450. The Kier molecular flexibility index (Phi) is 17.6. The molecule has 6 atom stereocenters. The third-order valence-electron chi connectivity index (χ3n) is 8.62. The van der Waals surface area contributed by atoms with Gasteiger partial charge in [0, 0.05) is 37.8 Å². The lowest BCUT2D eigenvalue weighted by molar-refractivity contribution is -0.149. The number of nitrogens with one attached hydrogen (secondary N) is 5. The van der Waals surface area contributed by atoms with E-state index in [4.69, 9.17) is 22.9 Å². The van der Waals surface area contributed by atoms with E-state index in [1.165, 1.54) is 17.4 Å². The smallest absolute Gasteiger partial charge is 0.326 e. The Morgan fingerprint density at radius 3 is 2.13 bits per heavy atom. The van der Waals surface area contributed by atoms with Crippen LogP contribution in [0.2, 0.25) is 0 Å². The van der Waals surface area contributed by atoms with Gasteiger partial charge in [-0.1, -0.05) is 27.7 Å². The number of H-pyrrole nitrogens is 1. The van der Waals surface area contributed by atoms with E-state index >= 15 is 0 Å². The number of aliphatic imine (C=N–C) groups is 1. The Labute approximate surface area is 308 Å². The molecule has 0 aliphatic carbocycles. The molecule has 296 valence electrons. The third-order valence-corrected chi connectivity index (χ3v) is 8.62. The first-order valence-electron chi connectivity index (χ1n) is 17.7. The largest absolute Gasteiger partial charge is 0.480 e. The molecular formula is C33H56N12O8. The maximum absolute atomic E-state index is 13.8. The Balaban J connectivity index is 2.28. The molecule has 2 heterocycles. The fourth-order valence-corrected chi connectivity index (χ4v) is 5.81. The quantitative estimate of drug-likeness (QED) is 0.0329. The van der Waals surface area contributed by atoms with Crippen molar-refractivity contribution in [3.05, 3.63) is 18.2 Å². The number of hydrogen-bond donors (Lipinski definition) is 10. The van der Waals surface area contributed by atoms with Crippen molar-refractivity contribution in [3.63, 3.8) is 0 Å². The van der Waals surface area contributed by atoms with Crippen LogP contribution >= 0.6 is 0 Å². The number of carboxylic acids is 1. The summed E-state index contributed by atoms with van der Waals surface area (Å²) in [5, 5.41) is 20.4. The van der Waals surface area contributed by atoms with Crippen molar-refractivity contribution in [2.24, 2.45) is 39.8 Å². The molecule has 20 heteroatoms. The van der Waals surface area contributed by atoms with Crippen molar-refractivity contribution in [1.29, 1.82) is 0 Å². The van der Waals surface area contributed by atoms with Crippen molar-refractivity contribution in [3.8, 4) is 0 Å². The molecule has 1 aliphatic rings. The highest BCUT2D eigenvalue weighted by atomic mass is 16.4. The monoisotopic (exact) mass is 748 g/mol. The van der Waals surface area contributed by atoms with Gasteiger partial charge in [-0.15, -0.1) is 0 Å². The lowest BCUT2D eigenvalue weighted by Gasteiger charge is -2.30. The van der Waals surface area contributed by atoms with Gasteiger partial charge in [-0.25, -0.2) is 9.78 Å². The second-order valence-electron chi connectivity index (χ2n) is 13.9. The molecule has 1 aromatic rings. The molecule has 0 unspecified atom stereocenters. The number of rotatable bonds is 22. The zero-order chi connectivity index (χ0) is 39.8. The molecule has 0 bridgehead atoms. The number of guanidine groups is 1. The van der Waals surface area contributed by atoms with Crippen LogP contribution in [-0.2, 0) is 40.0 Å². The number of amides is 6. The third kappa shape index (κ3) is 14.7. The second-order valence-corrected chi connectivity index (χ2v) is 13.9. The highest BCUT2D eigenvalue weighted by Gasteiger charge is 2.39. The number of primary amides is 1. The molecule has 2 rings (SSSR count). The van der Waals surface area contributed by atoms with Crippen LogP contribution in [0, 0.1) is 11.8 Å². The predicted molar refractivity (Wildman–Crippen MR) is 193 cm³/mol. The van der Waals surface area contributed by atoms with E-state index in [9.17, 15) is 38.7 Å². The highest BCUT2D eigenvalue weighted by molar-refractivity contribution is 5.96. The molecule has 20 nitrogen and oxygen atoms in total. The first-order valence-corrected chi connectivity index (χ1v) is 17.7. The molecule has 0 radical (unpaired) electrons. The van der Waals surface area contributed by atoms with E-state index in [0.717, 1.165) is 0 Å². The van der Waals surface area contributed by atoms with E-state index in [-0.39, 0.29) is 69.9 Å². The zero-order valence-electron chi connectivity index (χ0n) is 30.8. The fourth-order valence-electron chi connectivity index (χ4n) is 5.81. The van der Waals surface area contributed by atoms with Crippen LogP contribution in [0.3, 0.4) is 0 Å². The minimum atomic E-state index is -1.18. The molecule has 53 heavy (non-hydrogen) atoms. The number of carboxylic acid groups (broad SMARTS) is 1. The normalized spacial score (nSPS) is 16.9. The number of likely N-dealkylation sites (tertiary alicyclic amines) is 1. The van der Waals surface area contributed by atoms with Crippen LogP contribution < -0.4 is 44.2 Å². The summed E-state index contributed by atoms with van der Waals surface area (Å²) in [7, 11) is 0. The molecule has 14 N–H and O–H groups in total. The minimum Gasteiger partial charge on any atom is -0.480 e. The summed E-state index contributed by atoms with van der Waals surface area (Å²) in [5.41, 5.74) is 22.4. The van der Waals surface area contributed by atoms with E-state index in [1.54, 1.807) is 13.8 Å². The fraction of sp³-hybridized carbons (Fsp3) is 0.667. The summed E-state index contributed by atoms with van der Waals surface area (Å²) < 4.78 is 0. The number of aromatic nitrogens is 2. The molecular weight excluding hydrogens is 692 g/mol. The average molecular weight is 749 g/mol. The van der Waals surface area contributed by atoms with Crippen molar-refractivity contribution >= 4 is 47.4 Å². The highest BCUT2D eigenvalue weighted by Crippen LogP contribution is 2.20. The number of nitrogens with zero attached hydrogens (tertiary/aromatic N) is 3. The van der Waals surface area contributed by atoms with Gasteiger partial charge in [-0.3, -0.25) is 33.8 Å². The minimum absolute atomic E-state index is 0.0132. The van der Waals surface area contributed by atoms with Gasteiger partial charge >= 0.3 is 5.97 Å². The summed E-state index contributed by atoms with van der Waals surface area (Å²) in [4.78, 5) is 103. The second kappa shape index (κ2) is 21.3. The van der Waals surface area contributed by atoms with E-state index < -0.39 is 83.6 Å². The Morgan fingerprint density at radius 1 is 0.925 bits per heavy atom. The average Bonchev–Trinajstić information content (AvgIpc) is 3.78. The maximum Gasteiger partial charge on any atom is 0.326 e. The number of aliphatic carboxylic acids is 1. The Hall–Kier alpha value is -5.27. The first kappa shape index (κ1) is 43.9. The lowest BCUT2D eigenvalue weighted by Crippen LogP contribution is -2.60. The van der Waals surface area contributed by atoms with Crippen LogP contribution in [-0.4, -0.2) is 117 Å². The summed E-state index contributed by atoms with van der Waals surface area (Å²) in [6, 6.07) is -6.84. The first-order chi connectivity index (χ1) is 24.9. The molecule has 0 spiro atoms. The van der Waals surface area contributed by atoms with Crippen molar-refractivity contribution < 1.29 is 38.7 Å². The lowest BCUT2D eigenvalue weighted by atomic mass is 9.98. The van der Waals surface area contributed by atoms with Gasteiger partial charge in [0.2, 0.25) is 35.4 Å². The van der Waals surface area contributed by atoms with Gasteiger partial charge in [0.05, 0.1) is 12.4 Å². The van der Waals surface area contributed by atoms with Crippen LogP contribution in [0.5, 0.6) is 0 Å². The zero-order valence-corrected chi connectivity index (χ0v) is 30.8. The van der Waals surface area contributed by atoms with Crippen LogP contribution in [0.1, 0.15) is 78.3 Å². The molecule has 0 aromatic carbocycles. The number of hydrogen-bond acceptors (Lipinski definition) is 10. The summed E-state index contributed by atoms with van der Waals surface area (Å²) in [6.45, 7) is 7.41. The summed E-state index contributed by atoms with van der Waals surface area (Å²) in [6.07, 6.45) is 3.95. The van der Waals surface area contributed by atoms with Gasteiger partial charge in [0.25, 0.3) is 0 Å². The van der Waals surface area contributed by atoms with Gasteiger partial charge in [-0.05, 0) is 50.4 Å². The van der Waals surface area contributed by atoms with E-state index in [2.05, 4.69) is 36.2 Å². The summed E-state index contributed by atoms with van der Waals surface area (Å²) >= 11 is 0. The molecule has 1 fully saturated rings. The topological polar surface area (TPSA) is 336 Å². The Morgan fingerprint density at radius 2 is 1.57 bits per heavy atom. The maximum atomic E-state index is 13.8. The number of carbonyl (C=O) groups excluding carboxylic acids is 6. The summed E-state index contributed by atoms with van der Waals surface area (Å²) in [5.74, 6) is -5.92. The van der Waals surface area contributed by atoms with Gasteiger partial charge in [0.1, 0.15) is 30.2 Å². The van der Waals surface area contributed by atoms with Crippen LogP contribution in [0.25, 0.3) is 0 Å². The van der Waals surface area contributed by atoms with Gasteiger partial charge < -0.3 is 59.2 Å². The van der Waals surface area contributed by atoms with Crippen molar-refractivity contribution in [2.75, 3.05) is 13.1 Å². The standard InChI is InChI=1S/C33H56N12O8/c1-17(2)13-22(42-28(48)21(7-5-11-39-33(36)37)41-27(47)20(34)9-10-25(35)46)29(49)44-26(18(3)4)30(50)43-23(14-19-15-38-16-40-19)31(51)45-12-6-8-24(45)32(52)53/h15-18,20-24,26H,5-14,34H2,1-4H3,(H2,35,46)(H,38,40)(H,41,47)(H,42,48)(H,43,50)(H,44,49)(H,52,53)(H4,36,37,39)/t20-,21-,22-,23-,24-,26-/m0/s1. The van der Waals surface area contributed by atoms with Gasteiger partial charge in [-0.2, -0.15) is 0 Å². The molecule has 1 aromatic heterocycles. The number of imidazole rings is 1. The van der Waals surface area contributed by atoms with E-state index in [0.29, 0.717) is 12.1 Å². The van der Waals surface area contributed by atoms with Crippen molar-refractivity contribution in [2.45, 2.75) is 115 Å². The van der Waals surface area contributed by atoms with Crippen LogP contribution in [0.15, 0.2) is 17.5 Å². The number of nitrogens with two attached hydrogens (primary N) is 4. The molecule has 0 saturated carbocycles. The van der Waals surface area contributed by atoms with Crippen molar-refractivity contribution in [1.82, 2.24) is 36.1 Å². The number of carbonyl (C=O) groups is 7. The number of aromatic amines is 1. The predicted octanol–water partition coefficient (Wildman–Crippen LogP) is -2.68. The van der Waals surface area contributed by atoms with E-state index in [1.807, 2.05) is 13.8 Å². The molecule has 1 saturated heterocycles. The molecule has 6 amide bonds. The van der Waals surface area contributed by atoms with Crippen LogP contribution in [0.4, 0.5) is 0 Å². The SMILES string of the molecule is CC(C)C[C@H](NC(=O)[C@H](CCCN=C(N)N)NC(=O)[C@@H](N)CCC(N)=O)C(=O)N[C@H](C(=O)N[C@@H](Cc1cnc[nH]1)C(=O)N1CCC[C@H]1C(=O)O)C(C)C. The molecule has 1 aliphatic heterocycles. The van der Waals surface area contributed by atoms with Gasteiger partial charge in [0.15, 0.2) is 5.96 Å².